The number of ether oxygens (including phenoxy) is 2. The maximum atomic E-state index is 12.7. The van der Waals surface area contributed by atoms with Crippen molar-refractivity contribution in [2.75, 3.05) is 13.2 Å². The molecule has 4 aromatic rings. The Bertz CT molecular complexity index is 1170. The third kappa shape index (κ3) is 4.33. The van der Waals surface area contributed by atoms with E-state index in [2.05, 4.69) is 10.2 Å². The van der Waals surface area contributed by atoms with Gasteiger partial charge in [-0.05, 0) is 43.3 Å². The maximum absolute atomic E-state index is 12.7. The minimum Gasteiger partial charge on any atom is -0.494 e. The summed E-state index contributed by atoms with van der Waals surface area (Å²) in [6.07, 6.45) is 2.42. The van der Waals surface area contributed by atoms with Crippen LogP contribution in [0.5, 0.6) is 11.5 Å². The lowest BCUT2D eigenvalue weighted by molar-refractivity contribution is 0.0881. The van der Waals surface area contributed by atoms with Crippen molar-refractivity contribution in [2.24, 2.45) is 0 Å². The number of para-hydroxylation sites is 1. The predicted octanol–water partition coefficient (Wildman–Crippen LogP) is 2.42. The Hall–Kier alpha value is -3.65. The lowest BCUT2D eigenvalue weighted by atomic mass is 10.3. The first-order valence-electron chi connectivity index (χ1n) is 9.68. The fraction of sp³-hybridized carbons (Fsp3) is 0.227. The Balaban J connectivity index is 1.44. The second-order valence-corrected chi connectivity index (χ2v) is 6.71. The minimum atomic E-state index is -0.907. The van der Waals surface area contributed by atoms with Crippen LogP contribution >= 0.6 is 0 Å². The van der Waals surface area contributed by atoms with E-state index in [-0.39, 0.29) is 18.7 Å². The molecule has 8 nitrogen and oxygen atoms in total. The van der Waals surface area contributed by atoms with Crippen LogP contribution in [0.1, 0.15) is 6.92 Å². The molecule has 8 heteroatoms. The molecule has 2 heterocycles. The van der Waals surface area contributed by atoms with Crippen LogP contribution < -0.4 is 15.0 Å². The summed E-state index contributed by atoms with van der Waals surface area (Å²) < 4.78 is 13.8. The molecule has 1 atom stereocenters. The van der Waals surface area contributed by atoms with Gasteiger partial charge in [0.2, 0.25) is 0 Å². The molecule has 0 saturated carbocycles. The second-order valence-electron chi connectivity index (χ2n) is 6.71. The lowest BCUT2D eigenvalue weighted by Gasteiger charge is -2.13. The van der Waals surface area contributed by atoms with E-state index in [0.717, 1.165) is 11.4 Å². The molecular formula is C22H22N4O4. The Labute approximate surface area is 172 Å². The Morgan fingerprint density at radius 1 is 1.03 bits per heavy atom. The van der Waals surface area contributed by atoms with E-state index >= 15 is 0 Å². The molecule has 0 spiro atoms. The first-order valence-corrected chi connectivity index (χ1v) is 9.68. The minimum absolute atomic E-state index is 0.00397. The van der Waals surface area contributed by atoms with E-state index in [1.165, 1.54) is 4.68 Å². The highest BCUT2D eigenvalue weighted by atomic mass is 16.5. The number of aliphatic hydroxyl groups excluding tert-OH is 1. The number of fused-ring (bicyclic) bond motifs is 1. The molecule has 4 rings (SSSR count). The Kier molecular flexibility index (Phi) is 5.76. The van der Waals surface area contributed by atoms with E-state index in [1.54, 1.807) is 41.3 Å². The van der Waals surface area contributed by atoms with Gasteiger partial charge in [0.25, 0.3) is 5.56 Å². The van der Waals surface area contributed by atoms with Gasteiger partial charge in [0.05, 0.1) is 25.0 Å². The van der Waals surface area contributed by atoms with Crippen molar-refractivity contribution in [3.63, 3.8) is 0 Å². The summed E-state index contributed by atoms with van der Waals surface area (Å²) in [7, 11) is 0. The summed E-state index contributed by atoms with van der Waals surface area (Å²) in [5.41, 5.74) is 0.791. The second kappa shape index (κ2) is 8.79. The summed E-state index contributed by atoms with van der Waals surface area (Å²) in [6.45, 7) is 2.54. The van der Waals surface area contributed by atoms with Crippen LogP contribution in [-0.2, 0) is 6.54 Å². The normalized spacial score (nSPS) is 12.1. The van der Waals surface area contributed by atoms with E-state index in [1.807, 2.05) is 37.3 Å². The zero-order valence-corrected chi connectivity index (χ0v) is 16.5. The van der Waals surface area contributed by atoms with Crippen molar-refractivity contribution in [3.05, 3.63) is 77.3 Å². The Morgan fingerprint density at radius 2 is 1.73 bits per heavy atom. The highest BCUT2D eigenvalue weighted by Gasteiger charge is 2.13. The van der Waals surface area contributed by atoms with Crippen LogP contribution in [-0.4, -0.2) is 44.0 Å². The number of rotatable bonds is 8. The highest BCUT2D eigenvalue weighted by molar-refractivity contribution is 5.76. The zero-order valence-electron chi connectivity index (χ0n) is 16.5. The molecule has 0 saturated heterocycles. The molecule has 0 amide bonds. The number of hydrogen-bond acceptors (Lipinski definition) is 6. The summed E-state index contributed by atoms with van der Waals surface area (Å²) in [4.78, 5) is 12.7. The van der Waals surface area contributed by atoms with E-state index < -0.39 is 6.10 Å². The van der Waals surface area contributed by atoms with Crippen molar-refractivity contribution in [2.45, 2.75) is 19.6 Å². The number of nitrogens with zero attached hydrogens (tertiary/aromatic N) is 4. The monoisotopic (exact) mass is 406 g/mol. The van der Waals surface area contributed by atoms with Crippen LogP contribution in [0.2, 0.25) is 0 Å². The SMILES string of the molecule is CCOc1ccc(OCC(O)Cn2ncc3cn(-c4ccccc4)nc3c2=O)cc1. The molecule has 1 N–H and O–H groups in total. The molecular weight excluding hydrogens is 384 g/mol. The van der Waals surface area contributed by atoms with Gasteiger partial charge in [-0.3, -0.25) is 4.79 Å². The van der Waals surface area contributed by atoms with Gasteiger partial charge in [0.15, 0.2) is 5.52 Å². The number of aliphatic hydroxyl groups is 1. The van der Waals surface area contributed by atoms with E-state index in [9.17, 15) is 9.90 Å². The average Bonchev–Trinajstić information content (AvgIpc) is 3.21. The molecule has 0 radical (unpaired) electrons. The third-order valence-electron chi connectivity index (χ3n) is 4.50. The number of benzene rings is 2. The maximum Gasteiger partial charge on any atom is 0.295 e. The third-order valence-corrected chi connectivity index (χ3v) is 4.50. The molecule has 0 aliphatic heterocycles. The molecule has 2 aromatic carbocycles. The quantitative estimate of drug-likeness (QED) is 0.483. The largest absolute Gasteiger partial charge is 0.494 e. The van der Waals surface area contributed by atoms with Gasteiger partial charge in [0, 0.05) is 11.6 Å². The molecule has 30 heavy (non-hydrogen) atoms. The van der Waals surface area contributed by atoms with Crippen molar-refractivity contribution < 1.29 is 14.6 Å². The van der Waals surface area contributed by atoms with Crippen molar-refractivity contribution in [3.8, 4) is 17.2 Å². The van der Waals surface area contributed by atoms with E-state index in [0.29, 0.717) is 23.3 Å². The van der Waals surface area contributed by atoms with Crippen molar-refractivity contribution >= 4 is 10.9 Å². The first-order chi connectivity index (χ1) is 14.6. The van der Waals surface area contributed by atoms with E-state index in [4.69, 9.17) is 9.47 Å². The van der Waals surface area contributed by atoms with Crippen molar-refractivity contribution in [1.82, 2.24) is 19.6 Å². The zero-order chi connectivity index (χ0) is 20.9. The molecule has 0 aliphatic rings. The standard InChI is InChI=1S/C22H22N4O4/c1-2-29-19-8-10-20(11-9-19)30-15-18(27)14-26-22(28)21-16(12-23-26)13-25(24-21)17-6-4-3-5-7-17/h3-13,18,27H,2,14-15H2,1H3. The summed E-state index contributed by atoms with van der Waals surface area (Å²) in [6, 6.07) is 16.7. The molecule has 0 fully saturated rings. The van der Waals surface area contributed by atoms with Crippen LogP contribution in [0.15, 0.2) is 71.8 Å². The number of aromatic nitrogens is 4. The van der Waals surface area contributed by atoms with Gasteiger partial charge >= 0.3 is 0 Å². The van der Waals surface area contributed by atoms with Gasteiger partial charge in [-0.15, -0.1) is 0 Å². The fourth-order valence-electron chi connectivity index (χ4n) is 3.04. The molecule has 0 bridgehead atoms. The molecule has 2 aromatic heterocycles. The average molecular weight is 406 g/mol. The van der Waals surface area contributed by atoms with Crippen LogP contribution in [0, 0.1) is 0 Å². The predicted molar refractivity (Wildman–Crippen MR) is 112 cm³/mol. The fourth-order valence-corrected chi connectivity index (χ4v) is 3.04. The molecule has 1 unspecified atom stereocenters. The van der Waals surface area contributed by atoms with Gasteiger partial charge < -0.3 is 14.6 Å². The van der Waals surface area contributed by atoms with Crippen LogP contribution in [0.4, 0.5) is 0 Å². The lowest BCUT2D eigenvalue weighted by Crippen LogP contribution is -2.31. The van der Waals surface area contributed by atoms with Gasteiger partial charge in [-0.25, -0.2) is 9.36 Å². The number of hydrogen-bond donors (Lipinski definition) is 1. The summed E-state index contributed by atoms with van der Waals surface area (Å²) in [5, 5.41) is 19.5. The topological polar surface area (TPSA) is 91.4 Å². The Morgan fingerprint density at radius 3 is 2.43 bits per heavy atom. The highest BCUT2D eigenvalue weighted by Crippen LogP contribution is 2.18. The molecule has 0 aliphatic carbocycles. The smallest absolute Gasteiger partial charge is 0.295 e. The van der Waals surface area contributed by atoms with Crippen LogP contribution in [0.3, 0.4) is 0 Å². The first kappa shape index (κ1) is 19.7. The van der Waals surface area contributed by atoms with Gasteiger partial charge in [0.1, 0.15) is 24.2 Å². The molecule has 154 valence electrons. The van der Waals surface area contributed by atoms with Crippen molar-refractivity contribution in [1.29, 1.82) is 0 Å². The van der Waals surface area contributed by atoms with Gasteiger partial charge in [-0.1, -0.05) is 18.2 Å². The summed E-state index contributed by atoms with van der Waals surface area (Å²) in [5.74, 6) is 1.36. The van der Waals surface area contributed by atoms with Crippen LogP contribution in [0.25, 0.3) is 16.6 Å². The summed E-state index contributed by atoms with van der Waals surface area (Å²) >= 11 is 0. The van der Waals surface area contributed by atoms with Gasteiger partial charge in [-0.2, -0.15) is 10.2 Å².